The van der Waals surface area contributed by atoms with Gasteiger partial charge >= 0.3 is 0 Å². The molecule has 2 heterocycles. The Hall–Kier alpha value is -2.27. The second-order valence-electron chi connectivity index (χ2n) is 8.67. The number of rotatable bonds is 7. The highest BCUT2D eigenvalue weighted by molar-refractivity contribution is 5.91. The predicted molar refractivity (Wildman–Crippen MR) is 118 cm³/mol. The molecule has 30 heavy (non-hydrogen) atoms. The summed E-state index contributed by atoms with van der Waals surface area (Å²) in [5.41, 5.74) is 1.25. The number of piperidine rings is 1. The molecule has 5 nitrogen and oxygen atoms in total. The van der Waals surface area contributed by atoms with Crippen LogP contribution in [0, 0.1) is 0 Å². The van der Waals surface area contributed by atoms with Gasteiger partial charge in [0.15, 0.2) is 5.76 Å². The van der Waals surface area contributed by atoms with Crippen molar-refractivity contribution in [3.05, 3.63) is 53.5 Å². The summed E-state index contributed by atoms with van der Waals surface area (Å²) < 4.78 is 11.5. The van der Waals surface area contributed by atoms with Gasteiger partial charge in [-0.25, -0.2) is 0 Å². The normalized spacial score (nSPS) is 18.0. The third-order valence-electron chi connectivity index (χ3n) is 6.49. The Morgan fingerprint density at radius 3 is 2.57 bits per heavy atom. The standard InChI is InChI=1S/C25H34N2O3/c1-29-22-12-8-9-20(17-22)18-27(21-10-4-2-5-11-21)19-23-13-14-24(30-23)25(28)26-15-6-3-7-16-26/h8-9,12-14,17,21H,2-7,10-11,15-16,18-19H2,1H3. The van der Waals surface area contributed by atoms with Crippen LogP contribution in [-0.4, -0.2) is 41.9 Å². The van der Waals surface area contributed by atoms with Crippen LogP contribution in [0.2, 0.25) is 0 Å². The molecule has 4 rings (SSSR count). The third-order valence-corrected chi connectivity index (χ3v) is 6.49. The average Bonchev–Trinajstić information content (AvgIpc) is 3.28. The van der Waals surface area contributed by atoms with Gasteiger partial charge in [0.05, 0.1) is 13.7 Å². The van der Waals surface area contributed by atoms with E-state index in [-0.39, 0.29) is 5.91 Å². The number of carbonyl (C=O) groups is 1. The average molecular weight is 411 g/mol. The first kappa shape index (κ1) is 21.0. The number of hydrogen-bond donors (Lipinski definition) is 0. The molecule has 0 atom stereocenters. The second-order valence-corrected chi connectivity index (χ2v) is 8.67. The zero-order valence-electron chi connectivity index (χ0n) is 18.1. The van der Waals surface area contributed by atoms with Gasteiger partial charge in [-0.2, -0.15) is 0 Å². The fourth-order valence-electron chi connectivity index (χ4n) is 4.80. The molecule has 1 saturated heterocycles. The first-order valence-corrected chi connectivity index (χ1v) is 11.5. The van der Waals surface area contributed by atoms with Crippen LogP contribution in [0.1, 0.15) is 73.2 Å². The zero-order valence-corrected chi connectivity index (χ0v) is 18.1. The highest BCUT2D eigenvalue weighted by Gasteiger charge is 2.25. The number of carbonyl (C=O) groups excluding carboxylic acids is 1. The van der Waals surface area contributed by atoms with E-state index >= 15 is 0 Å². The molecular formula is C25H34N2O3. The summed E-state index contributed by atoms with van der Waals surface area (Å²) in [6.07, 6.45) is 9.76. The van der Waals surface area contributed by atoms with Gasteiger partial charge < -0.3 is 14.1 Å². The van der Waals surface area contributed by atoms with Crippen molar-refractivity contribution in [2.24, 2.45) is 0 Å². The Morgan fingerprint density at radius 2 is 1.80 bits per heavy atom. The van der Waals surface area contributed by atoms with E-state index < -0.39 is 0 Å². The number of amides is 1. The van der Waals surface area contributed by atoms with Gasteiger partial charge in [-0.15, -0.1) is 0 Å². The van der Waals surface area contributed by atoms with E-state index in [9.17, 15) is 4.79 Å². The molecule has 1 aliphatic heterocycles. The van der Waals surface area contributed by atoms with Crippen molar-refractivity contribution in [2.45, 2.75) is 70.5 Å². The van der Waals surface area contributed by atoms with Crippen LogP contribution in [0.25, 0.3) is 0 Å². The van der Waals surface area contributed by atoms with Crippen LogP contribution in [0.5, 0.6) is 5.75 Å². The molecule has 0 bridgehead atoms. The topological polar surface area (TPSA) is 45.9 Å². The van der Waals surface area contributed by atoms with Crippen molar-refractivity contribution >= 4 is 5.91 Å². The minimum Gasteiger partial charge on any atom is -0.497 e. The minimum atomic E-state index is 0.0398. The number of methoxy groups -OCH3 is 1. The fraction of sp³-hybridized carbons (Fsp3) is 0.560. The van der Waals surface area contributed by atoms with Gasteiger partial charge in [-0.1, -0.05) is 31.4 Å². The number of nitrogens with zero attached hydrogens (tertiary/aromatic N) is 2. The van der Waals surface area contributed by atoms with E-state index in [0.717, 1.165) is 50.5 Å². The summed E-state index contributed by atoms with van der Waals surface area (Å²) in [5.74, 6) is 2.29. The van der Waals surface area contributed by atoms with Crippen LogP contribution >= 0.6 is 0 Å². The molecule has 2 aromatic rings. The molecule has 1 aromatic carbocycles. The highest BCUT2D eigenvalue weighted by atomic mass is 16.5. The van der Waals surface area contributed by atoms with Gasteiger partial charge in [0.2, 0.25) is 0 Å². The maximum absolute atomic E-state index is 12.8. The van der Waals surface area contributed by atoms with E-state index in [1.807, 2.05) is 23.1 Å². The largest absolute Gasteiger partial charge is 0.497 e. The van der Waals surface area contributed by atoms with Gasteiger partial charge in [0, 0.05) is 25.7 Å². The second kappa shape index (κ2) is 10.2. The van der Waals surface area contributed by atoms with Gasteiger partial charge in [-0.05, 0) is 61.9 Å². The summed E-state index contributed by atoms with van der Waals surface area (Å²) >= 11 is 0. The maximum atomic E-state index is 12.8. The molecular weight excluding hydrogens is 376 g/mol. The molecule has 5 heteroatoms. The van der Waals surface area contributed by atoms with Crippen LogP contribution in [0.3, 0.4) is 0 Å². The quantitative estimate of drug-likeness (QED) is 0.625. The van der Waals surface area contributed by atoms with Gasteiger partial charge in [0.25, 0.3) is 5.91 Å². The molecule has 1 amide bonds. The summed E-state index contributed by atoms with van der Waals surface area (Å²) in [7, 11) is 1.71. The van der Waals surface area contributed by atoms with E-state index in [1.165, 1.54) is 44.1 Å². The minimum absolute atomic E-state index is 0.0398. The third kappa shape index (κ3) is 5.25. The van der Waals surface area contributed by atoms with Crippen LogP contribution < -0.4 is 4.74 Å². The number of furan rings is 1. The summed E-state index contributed by atoms with van der Waals surface area (Å²) in [6.45, 7) is 3.28. The predicted octanol–water partition coefficient (Wildman–Crippen LogP) is 5.25. The lowest BCUT2D eigenvalue weighted by molar-refractivity contribution is 0.0684. The van der Waals surface area contributed by atoms with Crippen molar-refractivity contribution < 1.29 is 13.9 Å². The summed E-state index contributed by atoms with van der Waals surface area (Å²) in [5, 5.41) is 0. The van der Waals surface area contributed by atoms with Crippen molar-refractivity contribution in [3.8, 4) is 5.75 Å². The van der Waals surface area contributed by atoms with Crippen LogP contribution in [0.15, 0.2) is 40.8 Å². The van der Waals surface area contributed by atoms with Crippen molar-refractivity contribution in [1.29, 1.82) is 0 Å². The Balaban J connectivity index is 1.47. The summed E-state index contributed by atoms with van der Waals surface area (Å²) in [4.78, 5) is 17.2. The number of benzene rings is 1. The molecule has 162 valence electrons. The first-order valence-electron chi connectivity index (χ1n) is 11.5. The van der Waals surface area contributed by atoms with E-state index in [1.54, 1.807) is 7.11 Å². The molecule has 1 saturated carbocycles. The monoisotopic (exact) mass is 410 g/mol. The maximum Gasteiger partial charge on any atom is 0.289 e. The SMILES string of the molecule is COc1cccc(CN(Cc2ccc(C(=O)N3CCCCC3)o2)C2CCCCC2)c1. The Labute approximate surface area is 180 Å². The Kier molecular flexibility index (Phi) is 7.11. The van der Waals surface area contributed by atoms with E-state index in [2.05, 4.69) is 23.1 Å². The Bertz CT molecular complexity index is 819. The molecule has 1 aliphatic carbocycles. The Morgan fingerprint density at radius 1 is 1.03 bits per heavy atom. The molecule has 1 aromatic heterocycles. The van der Waals surface area contributed by atoms with Crippen LogP contribution in [0.4, 0.5) is 0 Å². The van der Waals surface area contributed by atoms with Crippen LogP contribution in [-0.2, 0) is 13.1 Å². The fourth-order valence-corrected chi connectivity index (χ4v) is 4.80. The van der Waals surface area contributed by atoms with Crippen molar-refractivity contribution in [2.75, 3.05) is 20.2 Å². The van der Waals surface area contributed by atoms with E-state index in [0.29, 0.717) is 11.8 Å². The molecule has 2 fully saturated rings. The first-order chi connectivity index (χ1) is 14.7. The lowest BCUT2D eigenvalue weighted by atomic mass is 9.93. The van der Waals surface area contributed by atoms with Crippen molar-refractivity contribution in [1.82, 2.24) is 9.80 Å². The number of likely N-dealkylation sites (tertiary alicyclic amines) is 1. The molecule has 0 radical (unpaired) electrons. The summed E-state index contributed by atoms with van der Waals surface area (Å²) in [6, 6.07) is 12.7. The lowest BCUT2D eigenvalue weighted by Gasteiger charge is -2.34. The molecule has 0 spiro atoms. The van der Waals surface area contributed by atoms with Gasteiger partial charge in [0.1, 0.15) is 11.5 Å². The highest BCUT2D eigenvalue weighted by Crippen LogP contribution is 2.27. The number of ether oxygens (including phenoxy) is 1. The number of hydrogen-bond acceptors (Lipinski definition) is 4. The smallest absolute Gasteiger partial charge is 0.289 e. The molecule has 0 N–H and O–H groups in total. The van der Waals surface area contributed by atoms with Gasteiger partial charge in [-0.3, -0.25) is 9.69 Å². The van der Waals surface area contributed by atoms with E-state index in [4.69, 9.17) is 9.15 Å². The lowest BCUT2D eigenvalue weighted by Crippen LogP contribution is -2.36. The molecule has 0 unspecified atom stereocenters. The molecule has 2 aliphatic rings. The van der Waals surface area contributed by atoms with Crippen molar-refractivity contribution in [3.63, 3.8) is 0 Å². The zero-order chi connectivity index (χ0) is 20.8.